The van der Waals surface area contributed by atoms with Crippen LogP contribution in [0.2, 0.25) is 0 Å². The van der Waals surface area contributed by atoms with Gasteiger partial charge in [-0.3, -0.25) is 24.0 Å². The van der Waals surface area contributed by atoms with Gasteiger partial charge in [-0.25, -0.2) is 9.97 Å². The summed E-state index contributed by atoms with van der Waals surface area (Å²) in [6.45, 7) is 7.68. The first-order valence-electron chi connectivity index (χ1n) is 14.6. The molecule has 0 atom stereocenters. The van der Waals surface area contributed by atoms with Crippen LogP contribution in [0, 0.1) is 6.92 Å². The Labute approximate surface area is 244 Å². The molecular formula is C31H36N8O3. The van der Waals surface area contributed by atoms with Crippen LogP contribution >= 0.6 is 0 Å². The van der Waals surface area contributed by atoms with Gasteiger partial charge >= 0.3 is 0 Å². The predicted molar refractivity (Wildman–Crippen MR) is 161 cm³/mol. The van der Waals surface area contributed by atoms with Crippen molar-refractivity contribution >= 4 is 34.3 Å². The Morgan fingerprint density at radius 2 is 1.79 bits per heavy atom. The SMILES string of the molecule is CC(=O)c1c(C)c2cnc(Nc3ccc(N4CCN(Cc5ccc(CO)nc5)CC4)cn3)nc2n(C2CCCC2)c1=O. The van der Waals surface area contributed by atoms with E-state index in [9.17, 15) is 14.7 Å². The standard InChI is InChI=1S/C31H36N8O3/c1-20-26-17-34-31(36-29(26)39(24-5-3-4-6-24)30(42)28(20)21(2)41)35-27-10-9-25(16-33-27)38-13-11-37(12-14-38)18-22-7-8-23(19-40)32-15-22/h7-10,15-17,24,40H,3-6,11-14,18-19H2,1-2H3,(H,33,34,35,36). The number of pyridine rings is 3. The summed E-state index contributed by atoms with van der Waals surface area (Å²) in [4.78, 5) is 48.7. The average Bonchev–Trinajstić information content (AvgIpc) is 3.53. The second-order valence-electron chi connectivity index (χ2n) is 11.2. The monoisotopic (exact) mass is 568 g/mol. The van der Waals surface area contributed by atoms with Gasteiger partial charge in [0.1, 0.15) is 11.5 Å². The molecule has 2 aliphatic rings. The van der Waals surface area contributed by atoms with Crippen molar-refractivity contribution in [2.75, 3.05) is 36.4 Å². The van der Waals surface area contributed by atoms with E-state index < -0.39 is 0 Å². The number of ketones is 1. The minimum atomic E-state index is -0.261. The lowest BCUT2D eigenvalue weighted by Gasteiger charge is -2.36. The van der Waals surface area contributed by atoms with Gasteiger partial charge in [0.2, 0.25) is 5.95 Å². The fraction of sp³-hybridized carbons (Fsp3) is 0.419. The van der Waals surface area contributed by atoms with Gasteiger partial charge < -0.3 is 15.3 Å². The Morgan fingerprint density at radius 1 is 1.00 bits per heavy atom. The summed E-state index contributed by atoms with van der Waals surface area (Å²) >= 11 is 0. The van der Waals surface area contributed by atoms with Crippen LogP contribution < -0.4 is 15.8 Å². The Bertz CT molecular complexity index is 1640. The predicted octanol–water partition coefficient (Wildman–Crippen LogP) is 3.77. The highest BCUT2D eigenvalue weighted by Crippen LogP contribution is 2.32. The number of nitrogens with zero attached hydrogens (tertiary/aromatic N) is 7. The number of Topliss-reactive ketones (excluding diaryl/α,β-unsaturated/α-hetero) is 1. The highest BCUT2D eigenvalue weighted by atomic mass is 16.3. The van der Waals surface area contributed by atoms with E-state index >= 15 is 0 Å². The van der Waals surface area contributed by atoms with Gasteiger partial charge in [-0.1, -0.05) is 18.9 Å². The third-order valence-corrected chi connectivity index (χ3v) is 8.43. The summed E-state index contributed by atoms with van der Waals surface area (Å²) in [5.74, 6) is 0.742. The maximum absolute atomic E-state index is 13.5. The highest BCUT2D eigenvalue weighted by Gasteiger charge is 2.26. The Hall–Kier alpha value is -4.22. The van der Waals surface area contributed by atoms with Crippen molar-refractivity contribution in [2.45, 2.75) is 58.7 Å². The van der Waals surface area contributed by atoms with Gasteiger partial charge in [-0.05, 0) is 56.0 Å². The number of aryl methyl sites for hydroxylation is 1. The lowest BCUT2D eigenvalue weighted by atomic mass is 10.0. The van der Waals surface area contributed by atoms with Crippen LogP contribution in [0.3, 0.4) is 0 Å². The molecule has 0 bridgehead atoms. The molecule has 11 heteroatoms. The Kier molecular flexibility index (Phi) is 7.94. The summed E-state index contributed by atoms with van der Waals surface area (Å²) in [6, 6.07) is 7.88. The number of carbonyl (C=O) groups is 1. The largest absolute Gasteiger partial charge is 0.390 e. The molecule has 6 rings (SSSR count). The van der Waals surface area contributed by atoms with Crippen molar-refractivity contribution in [3.8, 4) is 0 Å². The molecule has 2 N–H and O–H groups in total. The third-order valence-electron chi connectivity index (χ3n) is 8.43. The van der Waals surface area contributed by atoms with Crippen molar-refractivity contribution in [1.29, 1.82) is 0 Å². The van der Waals surface area contributed by atoms with Crippen LogP contribution in [-0.4, -0.2) is 66.5 Å². The molecule has 0 amide bonds. The van der Waals surface area contributed by atoms with Gasteiger partial charge in [0.05, 0.1) is 29.7 Å². The minimum Gasteiger partial charge on any atom is -0.390 e. The minimum absolute atomic E-state index is 0.0304. The molecule has 0 aromatic carbocycles. The molecule has 0 radical (unpaired) electrons. The molecule has 0 spiro atoms. The van der Waals surface area contributed by atoms with Crippen LogP contribution in [0.1, 0.15) is 65.8 Å². The van der Waals surface area contributed by atoms with E-state index in [-0.39, 0.29) is 29.6 Å². The number of aliphatic hydroxyl groups excluding tert-OH is 1. The van der Waals surface area contributed by atoms with Gasteiger partial charge in [0, 0.05) is 56.5 Å². The zero-order chi connectivity index (χ0) is 29.2. The van der Waals surface area contributed by atoms with E-state index in [4.69, 9.17) is 4.98 Å². The number of piperazine rings is 1. The van der Waals surface area contributed by atoms with E-state index in [1.165, 1.54) is 6.92 Å². The molecule has 4 aromatic rings. The van der Waals surface area contributed by atoms with Crippen LogP contribution in [0.5, 0.6) is 0 Å². The molecule has 1 aliphatic heterocycles. The van der Waals surface area contributed by atoms with Gasteiger partial charge in [0.25, 0.3) is 5.56 Å². The summed E-state index contributed by atoms with van der Waals surface area (Å²) in [7, 11) is 0. The molecule has 5 heterocycles. The maximum atomic E-state index is 13.5. The Balaban J connectivity index is 1.15. The smallest absolute Gasteiger partial charge is 0.263 e. The second kappa shape index (κ2) is 11.9. The van der Waals surface area contributed by atoms with E-state index in [2.05, 4.69) is 30.1 Å². The fourth-order valence-electron chi connectivity index (χ4n) is 6.13. The molecule has 218 valence electrons. The summed E-state index contributed by atoms with van der Waals surface area (Å²) in [6.07, 6.45) is 9.30. The van der Waals surface area contributed by atoms with E-state index in [1.54, 1.807) is 17.7 Å². The maximum Gasteiger partial charge on any atom is 0.263 e. The molecule has 1 saturated heterocycles. The number of hydrogen-bond donors (Lipinski definition) is 2. The molecule has 1 aliphatic carbocycles. The average molecular weight is 569 g/mol. The zero-order valence-electron chi connectivity index (χ0n) is 24.1. The van der Waals surface area contributed by atoms with E-state index in [1.807, 2.05) is 36.7 Å². The molecule has 1 saturated carbocycles. The van der Waals surface area contributed by atoms with Crippen LogP contribution in [0.4, 0.5) is 17.5 Å². The summed E-state index contributed by atoms with van der Waals surface area (Å²) in [5, 5.41) is 13.1. The number of anilines is 3. The first-order valence-corrected chi connectivity index (χ1v) is 14.6. The van der Waals surface area contributed by atoms with E-state index in [0.29, 0.717) is 28.7 Å². The normalized spacial score (nSPS) is 16.3. The van der Waals surface area contributed by atoms with Gasteiger partial charge in [-0.15, -0.1) is 0 Å². The van der Waals surface area contributed by atoms with Crippen molar-refractivity contribution in [1.82, 2.24) is 29.4 Å². The molecule has 2 fully saturated rings. The van der Waals surface area contributed by atoms with Crippen LogP contribution in [0.25, 0.3) is 11.0 Å². The number of rotatable bonds is 8. The lowest BCUT2D eigenvalue weighted by Crippen LogP contribution is -2.46. The molecular weight excluding hydrogens is 532 g/mol. The van der Waals surface area contributed by atoms with Crippen molar-refractivity contribution in [2.24, 2.45) is 0 Å². The molecule has 11 nitrogen and oxygen atoms in total. The van der Waals surface area contributed by atoms with Crippen LogP contribution in [0.15, 0.2) is 47.7 Å². The van der Waals surface area contributed by atoms with E-state index in [0.717, 1.165) is 75.0 Å². The number of nitrogens with one attached hydrogen (secondary N) is 1. The number of aromatic nitrogens is 5. The van der Waals surface area contributed by atoms with Crippen molar-refractivity contribution in [3.63, 3.8) is 0 Å². The molecule has 42 heavy (non-hydrogen) atoms. The van der Waals surface area contributed by atoms with Crippen molar-refractivity contribution in [3.05, 3.63) is 75.6 Å². The third kappa shape index (κ3) is 5.62. The summed E-state index contributed by atoms with van der Waals surface area (Å²) < 4.78 is 1.72. The second-order valence-corrected chi connectivity index (χ2v) is 11.2. The molecule has 0 unspecified atom stereocenters. The summed E-state index contributed by atoms with van der Waals surface area (Å²) in [5.41, 5.74) is 4.03. The molecule has 4 aromatic heterocycles. The van der Waals surface area contributed by atoms with Crippen molar-refractivity contribution < 1.29 is 9.90 Å². The van der Waals surface area contributed by atoms with Crippen LogP contribution in [-0.2, 0) is 13.2 Å². The quantitative estimate of drug-likeness (QED) is 0.303. The fourth-order valence-corrected chi connectivity index (χ4v) is 6.13. The number of hydrogen-bond acceptors (Lipinski definition) is 10. The Morgan fingerprint density at radius 3 is 2.43 bits per heavy atom. The first kappa shape index (κ1) is 27.9. The number of fused-ring (bicyclic) bond motifs is 1. The first-order chi connectivity index (χ1) is 20.4. The number of aliphatic hydroxyl groups is 1. The number of carbonyl (C=O) groups excluding carboxylic acids is 1. The van der Waals surface area contributed by atoms with Gasteiger partial charge in [0.15, 0.2) is 5.78 Å². The topological polar surface area (TPSA) is 129 Å². The highest BCUT2D eigenvalue weighted by molar-refractivity contribution is 5.99. The van der Waals surface area contributed by atoms with Gasteiger partial charge in [-0.2, -0.15) is 4.98 Å². The zero-order valence-corrected chi connectivity index (χ0v) is 24.1. The lowest BCUT2D eigenvalue weighted by molar-refractivity contribution is 0.101.